The van der Waals surface area contributed by atoms with Gasteiger partial charge in [0.15, 0.2) is 0 Å². The van der Waals surface area contributed by atoms with E-state index in [9.17, 15) is 9.65 Å². The van der Waals surface area contributed by atoms with E-state index in [0.29, 0.717) is 5.69 Å². The number of halogens is 2. The molecule has 1 atom stereocenters. The van der Waals surface area contributed by atoms with E-state index in [-0.39, 0.29) is 5.82 Å². The van der Waals surface area contributed by atoms with E-state index in [1.54, 1.807) is 12.1 Å². The number of benzene rings is 2. The summed E-state index contributed by atoms with van der Waals surface area (Å²) >= 11 is 3.43. The maximum absolute atomic E-state index is 12.8. The summed E-state index contributed by atoms with van der Waals surface area (Å²) in [4.78, 5) is 0. The molecule has 0 saturated carbocycles. The first-order valence-electron chi connectivity index (χ1n) is 5.78. The Morgan fingerprint density at radius 1 is 1.21 bits per heavy atom. The molecule has 2 aromatic rings. The van der Waals surface area contributed by atoms with Gasteiger partial charge in [0.05, 0.1) is 6.07 Å². The number of anilines is 1. The molecule has 2 aromatic carbocycles. The minimum Gasteiger partial charge on any atom is -0.366 e. The van der Waals surface area contributed by atoms with Gasteiger partial charge < -0.3 is 5.32 Å². The van der Waals surface area contributed by atoms with Gasteiger partial charge in [-0.1, -0.05) is 28.1 Å². The third-order valence-electron chi connectivity index (χ3n) is 2.80. The van der Waals surface area contributed by atoms with Crippen molar-refractivity contribution < 1.29 is 4.39 Å². The summed E-state index contributed by atoms with van der Waals surface area (Å²) in [6.45, 7) is 1.97. The van der Waals surface area contributed by atoms with Crippen LogP contribution in [0.2, 0.25) is 0 Å². The Hall–Kier alpha value is -1.86. The Labute approximate surface area is 120 Å². The summed E-state index contributed by atoms with van der Waals surface area (Å²) in [6.07, 6.45) is 0. The zero-order chi connectivity index (χ0) is 13.8. The van der Waals surface area contributed by atoms with Gasteiger partial charge in [-0.15, -0.1) is 0 Å². The van der Waals surface area contributed by atoms with Crippen molar-refractivity contribution in [1.82, 2.24) is 0 Å². The molecule has 0 aliphatic carbocycles. The fourth-order valence-corrected chi connectivity index (χ4v) is 2.00. The number of hydrogen-bond acceptors (Lipinski definition) is 2. The van der Waals surface area contributed by atoms with E-state index in [4.69, 9.17) is 0 Å². The number of nitriles is 1. The van der Waals surface area contributed by atoms with Crippen LogP contribution < -0.4 is 5.32 Å². The fourth-order valence-electron chi connectivity index (χ4n) is 1.75. The second-order valence-electron chi connectivity index (χ2n) is 4.22. The summed E-state index contributed by atoms with van der Waals surface area (Å²) in [5.41, 5.74) is 2.67. The molecular formula is C15H12BrFN2. The van der Waals surface area contributed by atoms with E-state index in [2.05, 4.69) is 27.3 Å². The van der Waals surface area contributed by atoms with Crippen LogP contribution >= 0.6 is 15.9 Å². The lowest BCUT2D eigenvalue weighted by Gasteiger charge is -2.14. The van der Waals surface area contributed by atoms with Crippen molar-refractivity contribution in [2.24, 2.45) is 0 Å². The maximum atomic E-state index is 12.8. The molecule has 96 valence electrons. The lowest BCUT2D eigenvalue weighted by Crippen LogP contribution is -2.08. The van der Waals surface area contributed by atoms with E-state index >= 15 is 0 Å². The van der Waals surface area contributed by atoms with Crippen LogP contribution in [-0.4, -0.2) is 0 Å². The number of nitrogens with one attached hydrogen (secondary N) is 1. The van der Waals surface area contributed by atoms with Crippen LogP contribution in [0.3, 0.4) is 0 Å². The quantitative estimate of drug-likeness (QED) is 0.899. The summed E-state index contributed by atoms with van der Waals surface area (Å²) in [6, 6.07) is 13.5. The lowest BCUT2D eigenvalue weighted by atomic mass is 10.1. The number of hydrogen-bond donors (Lipinski definition) is 1. The summed E-state index contributed by atoms with van der Waals surface area (Å²) in [5, 5.41) is 12.3. The van der Waals surface area contributed by atoms with Gasteiger partial charge in [0.2, 0.25) is 0 Å². The molecule has 0 aliphatic rings. The predicted octanol–water partition coefficient (Wildman–Crippen LogP) is 4.57. The molecular weight excluding hydrogens is 307 g/mol. The first-order valence-corrected chi connectivity index (χ1v) is 6.57. The Morgan fingerprint density at radius 2 is 1.89 bits per heavy atom. The third-order valence-corrected chi connectivity index (χ3v) is 3.69. The van der Waals surface area contributed by atoms with Crippen molar-refractivity contribution in [1.29, 1.82) is 5.26 Å². The molecule has 0 saturated heterocycles. The van der Waals surface area contributed by atoms with Gasteiger partial charge in [-0.05, 0) is 48.4 Å². The molecule has 4 heteroatoms. The van der Waals surface area contributed by atoms with Crippen LogP contribution in [0.15, 0.2) is 46.9 Å². The summed E-state index contributed by atoms with van der Waals surface area (Å²) in [5.74, 6) is -0.293. The van der Waals surface area contributed by atoms with Crippen LogP contribution in [0.5, 0.6) is 0 Å². The molecule has 0 heterocycles. The monoisotopic (exact) mass is 318 g/mol. The zero-order valence-electron chi connectivity index (χ0n) is 10.3. The lowest BCUT2D eigenvalue weighted by molar-refractivity contribution is 0.628. The number of nitrogens with zero attached hydrogens (tertiary/aromatic N) is 1. The highest BCUT2D eigenvalue weighted by atomic mass is 79.9. The smallest absolute Gasteiger partial charge is 0.140 e. The van der Waals surface area contributed by atoms with Gasteiger partial charge in [-0.3, -0.25) is 0 Å². The Morgan fingerprint density at radius 3 is 2.47 bits per heavy atom. The maximum Gasteiger partial charge on any atom is 0.140 e. The standard InChI is InChI=1S/C15H12BrFN2/c1-10-8-11(2-7-14(10)16)15(9-18)19-13-5-3-12(17)4-6-13/h2-8,15,19H,1H3. The topological polar surface area (TPSA) is 35.8 Å². The molecule has 2 rings (SSSR count). The Bertz CT molecular complexity index is 617. The van der Waals surface area contributed by atoms with Crippen LogP contribution in [0.25, 0.3) is 0 Å². The molecule has 2 nitrogen and oxygen atoms in total. The van der Waals surface area contributed by atoms with Crippen LogP contribution in [-0.2, 0) is 0 Å². The van der Waals surface area contributed by atoms with E-state index in [1.165, 1.54) is 12.1 Å². The minimum atomic E-state index is -0.461. The van der Waals surface area contributed by atoms with Crippen molar-refractivity contribution >= 4 is 21.6 Å². The molecule has 0 fully saturated rings. The van der Waals surface area contributed by atoms with Crippen molar-refractivity contribution in [3.8, 4) is 6.07 Å². The minimum absolute atomic E-state index is 0.293. The molecule has 0 bridgehead atoms. The molecule has 0 aliphatic heterocycles. The largest absolute Gasteiger partial charge is 0.366 e. The van der Waals surface area contributed by atoms with E-state index in [1.807, 2.05) is 25.1 Å². The summed E-state index contributed by atoms with van der Waals surface area (Å²) < 4.78 is 13.8. The molecule has 0 spiro atoms. The van der Waals surface area contributed by atoms with Crippen LogP contribution in [0.1, 0.15) is 17.2 Å². The number of aryl methyl sites for hydroxylation is 1. The Balaban J connectivity index is 2.23. The van der Waals surface area contributed by atoms with Gasteiger partial charge in [0.25, 0.3) is 0 Å². The predicted molar refractivity (Wildman–Crippen MR) is 77.3 cm³/mol. The van der Waals surface area contributed by atoms with Crippen molar-refractivity contribution in [2.45, 2.75) is 13.0 Å². The number of rotatable bonds is 3. The van der Waals surface area contributed by atoms with Gasteiger partial charge >= 0.3 is 0 Å². The van der Waals surface area contributed by atoms with Crippen molar-refractivity contribution in [3.05, 3.63) is 63.9 Å². The molecule has 1 unspecified atom stereocenters. The first kappa shape index (κ1) is 13.6. The highest BCUT2D eigenvalue weighted by Gasteiger charge is 2.11. The van der Waals surface area contributed by atoms with Gasteiger partial charge in [0.1, 0.15) is 11.9 Å². The van der Waals surface area contributed by atoms with Gasteiger partial charge in [-0.2, -0.15) is 5.26 Å². The SMILES string of the molecule is Cc1cc(C(C#N)Nc2ccc(F)cc2)ccc1Br. The van der Waals surface area contributed by atoms with Gasteiger partial charge in [0, 0.05) is 10.2 Å². The molecule has 0 radical (unpaired) electrons. The van der Waals surface area contributed by atoms with Crippen LogP contribution in [0.4, 0.5) is 10.1 Å². The second kappa shape index (κ2) is 5.85. The normalized spacial score (nSPS) is 11.7. The highest BCUT2D eigenvalue weighted by molar-refractivity contribution is 9.10. The van der Waals surface area contributed by atoms with Crippen molar-refractivity contribution in [2.75, 3.05) is 5.32 Å². The van der Waals surface area contributed by atoms with Gasteiger partial charge in [-0.25, -0.2) is 4.39 Å². The van der Waals surface area contributed by atoms with Crippen LogP contribution in [0, 0.1) is 24.1 Å². The average Bonchev–Trinajstić information content (AvgIpc) is 2.41. The highest BCUT2D eigenvalue weighted by Crippen LogP contribution is 2.24. The zero-order valence-corrected chi connectivity index (χ0v) is 11.9. The third kappa shape index (κ3) is 3.33. The van der Waals surface area contributed by atoms with E-state index in [0.717, 1.165) is 15.6 Å². The second-order valence-corrected chi connectivity index (χ2v) is 5.08. The molecule has 0 aromatic heterocycles. The Kier molecular flexibility index (Phi) is 4.18. The van der Waals surface area contributed by atoms with E-state index < -0.39 is 6.04 Å². The van der Waals surface area contributed by atoms with Crippen molar-refractivity contribution in [3.63, 3.8) is 0 Å². The molecule has 19 heavy (non-hydrogen) atoms. The molecule has 0 amide bonds. The average molecular weight is 319 g/mol. The molecule has 1 N–H and O–H groups in total. The first-order chi connectivity index (χ1) is 9.10. The fraction of sp³-hybridized carbons (Fsp3) is 0.133. The summed E-state index contributed by atoms with van der Waals surface area (Å²) in [7, 11) is 0.